The molecule has 1 aromatic heterocycles. The van der Waals surface area contributed by atoms with Gasteiger partial charge in [-0.2, -0.15) is 0 Å². The Morgan fingerprint density at radius 1 is 1.67 bits per heavy atom. The van der Waals surface area contributed by atoms with Gasteiger partial charge in [-0.05, 0) is 38.5 Å². The van der Waals surface area contributed by atoms with Crippen LogP contribution < -0.4 is 5.73 Å². The molecular weight excluding hydrogens is 297 g/mol. The number of anilines is 1. The van der Waals surface area contributed by atoms with E-state index in [0.29, 0.717) is 10.4 Å². The van der Waals surface area contributed by atoms with Crippen LogP contribution in [-0.4, -0.2) is 9.97 Å². The molecule has 0 aliphatic heterocycles. The normalized spacial score (nSPS) is 9.56. The predicted molar refractivity (Wildman–Crippen MR) is 46.9 cm³/mol. The van der Waals surface area contributed by atoms with Gasteiger partial charge in [0.1, 0.15) is 3.70 Å². The fraction of sp³-hybridized carbons (Fsp3) is 0. The van der Waals surface area contributed by atoms with Crippen LogP contribution in [0.3, 0.4) is 0 Å². The summed E-state index contributed by atoms with van der Waals surface area (Å²) in [6, 6.07) is 0. The van der Waals surface area contributed by atoms with Crippen molar-refractivity contribution in [2.24, 2.45) is 0 Å². The summed E-state index contributed by atoms with van der Waals surface area (Å²) >= 11 is 5.16. The summed E-state index contributed by atoms with van der Waals surface area (Å²) in [6.07, 6.45) is 1.57. The van der Waals surface area contributed by atoms with Crippen LogP contribution in [0, 0.1) is 3.70 Å². The molecule has 9 heavy (non-hydrogen) atoms. The van der Waals surface area contributed by atoms with E-state index in [1.807, 2.05) is 22.6 Å². The van der Waals surface area contributed by atoms with Crippen molar-refractivity contribution in [3.63, 3.8) is 0 Å². The van der Waals surface area contributed by atoms with Crippen LogP contribution >= 0.6 is 38.5 Å². The third-order valence-electron chi connectivity index (χ3n) is 0.739. The quantitative estimate of drug-likeness (QED) is 0.448. The van der Waals surface area contributed by atoms with Crippen molar-refractivity contribution in [3.05, 3.63) is 14.6 Å². The van der Waals surface area contributed by atoms with E-state index in [0.717, 1.165) is 3.70 Å². The monoisotopic (exact) mass is 299 g/mol. The maximum Gasteiger partial charge on any atom is 0.197 e. The Labute approximate surface area is 74.3 Å². The number of nitrogens with zero attached hydrogens (tertiary/aromatic N) is 2. The third-order valence-corrected chi connectivity index (χ3v) is 1.98. The summed E-state index contributed by atoms with van der Waals surface area (Å²) in [6.45, 7) is 0. The summed E-state index contributed by atoms with van der Waals surface area (Å²) in [5, 5.41) is 0. The van der Waals surface area contributed by atoms with E-state index in [1.165, 1.54) is 0 Å². The average molecular weight is 300 g/mol. The molecule has 0 radical (unpaired) electrons. The van der Waals surface area contributed by atoms with Gasteiger partial charge >= 0.3 is 0 Å². The predicted octanol–water partition coefficient (Wildman–Crippen LogP) is 1.43. The van der Waals surface area contributed by atoms with Crippen molar-refractivity contribution in [1.29, 1.82) is 0 Å². The van der Waals surface area contributed by atoms with Gasteiger partial charge < -0.3 is 5.73 Å². The van der Waals surface area contributed by atoms with Crippen molar-refractivity contribution < 1.29 is 0 Å². The summed E-state index contributed by atoms with van der Waals surface area (Å²) in [4.78, 5) is 7.76. The Hall–Kier alpha value is 0.0900. The molecule has 1 aromatic rings. The molecule has 3 nitrogen and oxygen atoms in total. The highest BCUT2D eigenvalue weighted by molar-refractivity contribution is 14.1. The van der Waals surface area contributed by atoms with Crippen molar-refractivity contribution in [2.45, 2.75) is 0 Å². The Morgan fingerprint density at radius 2 is 2.33 bits per heavy atom. The van der Waals surface area contributed by atoms with E-state index in [-0.39, 0.29) is 0 Å². The van der Waals surface area contributed by atoms with Gasteiger partial charge in [0.15, 0.2) is 4.73 Å². The standard InChI is InChI=1S/C4H3BrIN3/c5-4-8-1-2(7)3(6)9-4/h1H,7H2. The van der Waals surface area contributed by atoms with Crippen molar-refractivity contribution in [3.8, 4) is 0 Å². The van der Waals surface area contributed by atoms with Gasteiger partial charge in [-0.15, -0.1) is 0 Å². The molecule has 2 N–H and O–H groups in total. The first kappa shape index (κ1) is 7.20. The first-order chi connectivity index (χ1) is 4.20. The molecule has 5 heteroatoms. The number of nitrogen functional groups attached to an aromatic ring is 1. The lowest BCUT2D eigenvalue weighted by Crippen LogP contribution is -1.94. The smallest absolute Gasteiger partial charge is 0.197 e. The van der Waals surface area contributed by atoms with Gasteiger partial charge in [-0.1, -0.05) is 0 Å². The van der Waals surface area contributed by atoms with Gasteiger partial charge in [-0.3, -0.25) is 0 Å². The second-order valence-electron chi connectivity index (χ2n) is 1.39. The number of hydrogen-bond acceptors (Lipinski definition) is 3. The highest BCUT2D eigenvalue weighted by atomic mass is 127. The van der Waals surface area contributed by atoms with Crippen LogP contribution in [0.25, 0.3) is 0 Å². The van der Waals surface area contributed by atoms with Gasteiger partial charge in [-0.25, -0.2) is 9.97 Å². The lowest BCUT2D eigenvalue weighted by atomic mass is 10.6. The highest BCUT2D eigenvalue weighted by Gasteiger charge is 1.95. The molecule has 0 unspecified atom stereocenters. The number of rotatable bonds is 0. The van der Waals surface area contributed by atoms with E-state index in [2.05, 4.69) is 25.9 Å². The van der Waals surface area contributed by atoms with E-state index in [9.17, 15) is 0 Å². The van der Waals surface area contributed by atoms with Crippen molar-refractivity contribution >= 4 is 44.2 Å². The Bertz CT molecular complexity index is 227. The highest BCUT2D eigenvalue weighted by Crippen LogP contribution is 2.11. The fourth-order valence-electron chi connectivity index (χ4n) is 0.350. The minimum atomic E-state index is 0.570. The van der Waals surface area contributed by atoms with E-state index in [4.69, 9.17) is 5.73 Å². The maximum atomic E-state index is 5.44. The average Bonchev–Trinajstić information content (AvgIpc) is 1.80. The summed E-state index contributed by atoms with van der Waals surface area (Å²) in [5.74, 6) is 0. The minimum Gasteiger partial charge on any atom is -0.395 e. The van der Waals surface area contributed by atoms with Crippen LogP contribution in [0.15, 0.2) is 10.9 Å². The van der Waals surface area contributed by atoms with Crippen LogP contribution in [0.5, 0.6) is 0 Å². The summed E-state index contributed by atoms with van der Waals surface area (Å²) in [5.41, 5.74) is 6.05. The number of nitrogens with two attached hydrogens (primary N) is 1. The van der Waals surface area contributed by atoms with Gasteiger partial charge in [0, 0.05) is 0 Å². The fourth-order valence-corrected chi connectivity index (χ4v) is 1.33. The minimum absolute atomic E-state index is 0.570. The van der Waals surface area contributed by atoms with E-state index >= 15 is 0 Å². The second kappa shape index (κ2) is 2.78. The molecule has 0 amide bonds. The molecule has 1 heterocycles. The van der Waals surface area contributed by atoms with E-state index in [1.54, 1.807) is 6.20 Å². The van der Waals surface area contributed by atoms with Crippen molar-refractivity contribution in [1.82, 2.24) is 9.97 Å². The lowest BCUT2D eigenvalue weighted by Gasteiger charge is -1.93. The SMILES string of the molecule is Nc1cnc(Br)nc1I. The molecule has 48 valence electrons. The zero-order valence-electron chi connectivity index (χ0n) is 4.31. The van der Waals surface area contributed by atoms with Gasteiger partial charge in [0.05, 0.1) is 11.9 Å². The zero-order valence-corrected chi connectivity index (χ0v) is 8.05. The molecule has 0 atom stereocenters. The molecular formula is C4H3BrIN3. The van der Waals surface area contributed by atoms with E-state index < -0.39 is 0 Å². The van der Waals surface area contributed by atoms with Gasteiger partial charge in [0.25, 0.3) is 0 Å². The van der Waals surface area contributed by atoms with Gasteiger partial charge in [0.2, 0.25) is 0 Å². The molecule has 0 saturated heterocycles. The molecule has 0 fully saturated rings. The first-order valence-corrected chi connectivity index (χ1v) is 4.01. The Kier molecular flexibility index (Phi) is 2.23. The number of hydrogen-bond donors (Lipinski definition) is 1. The Balaban J connectivity index is 3.17. The topological polar surface area (TPSA) is 51.8 Å². The summed E-state index contributed by atoms with van der Waals surface area (Å²) in [7, 11) is 0. The molecule has 0 bridgehead atoms. The molecule has 0 aliphatic rings. The lowest BCUT2D eigenvalue weighted by molar-refractivity contribution is 1.09. The number of aromatic nitrogens is 2. The zero-order chi connectivity index (χ0) is 6.85. The molecule has 0 saturated carbocycles. The first-order valence-electron chi connectivity index (χ1n) is 2.13. The molecule has 0 aliphatic carbocycles. The van der Waals surface area contributed by atoms with Crippen LogP contribution in [0.2, 0.25) is 0 Å². The third kappa shape index (κ3) is 1.75. The second-order valence-corrected chi connectivity index (χ2v) is 3.12. The van der Waals surface area contributed by atoms with Crippen LogP contribution in [0.4, 0.5) is 5.69 Å². The summed E-state index contributed by atoms with van der Waals surface area (Å²) < 4.78 is 1.34. The number of halogens is 2. The van der Waals surface area contributed by atoms with Crippen LogP contribution in [0.1, 0.15) is 0 Å². The van der Waals surface area contributed by atoms with Crippen molar-refractivity contribution in [2.75, 3.05) is 5.73 Å². The molecule has 0 spiro atoms. The maximum absolute atomic E-state index is 5.44. The largest absolute Gasteiger partial charge is 0.395 e. The molecule has 1 rings (SSSR count). The Morgan fingerprint density at radius 3 is 2.78 bits per heavy atom. The van der Waals surface area contributed by atoms with Crippen LogP contribution in [-0.2, 0) is 0 Å². The molecule has 0 aromatic carbocycles.